The molecule has 1 spiro atoms. The van der Waals surface area contributed by atoms with Gasteiger partial charge in [-0.1, -0.05) is 22.0 Å². The number of benzene rings is 1. The molecule has 0 fully saturated rings. The summed E-state index contributed by atoms with van der Waals surface area (Å²) in [6.45, 7) is 0. The van der Waals surface area contributed by atoms with E-state index in [0.29, 0.717) is 12.2 Å². The number of hydrogen-bond donors (Lipinski definition) is 1. The molecule has 3 aliphatic rings. The molecule has 1 aromatic heterocycles. The van der Waals surface area contributed by atoms with Gasteiger partial charge in [0.2, 0.25) is 5.72 Å². The lowest BCUT2D eigenvalue weighted by atomic mass is 9.90. The molecule has 1 aliphatic carbocycles. The molecule has 1 N–H and O–H groups in total. The van der Waals surface area contributed by atoms with Crippen LogP contribution in [-0.4, -0.2) is 21.6 Å². The molecular formula is C19H17BrN2O2S. The van der Waals surface area contributed by atoms with E-state index in [1.54, 1.807) is 11.3 Å². The van der Waals surface area contributed by atoms with Crippen LogP contribution in [0.5, 0.6) is 5.75 Å². The van der Waals surface area contributed by atoms with Crippen molar-refractivity contribution < 1.29 is 9.84 Å². The van der Waals surface area contributed by atoms with Crippen LogP contribution in [0.4, 0.5) is 0 Å². The third kappa shape index (κ3) is 2.42. The largest absolute Gasteiger partial charge is 0.512 e. The van der Waals surface area contributed by atoms with Crippen molar-refractivity contribution in [3.05, 3.63) is 62.5 Å². The lowest BCUT2D eigenvalue weighted by molar-refractivity contribution is -0.0944. The average molecular weight is 417 g/mol. The summed E-state index contributed by atoms with van der Waals surface area (Å²) in [4.78, 5) is 1.20. The fraction of sp³-hybridized carbons (Fsp3) is 0.316. The number of hydrazone groups is 1. The van der Waals surface area contributed by atoms with Gasteiger partial charge < -0.3 is 9.84 Å². The van der Waals surface area contributed by atoms with Crippen LogP contribution in [0.3, 0.4) is 0 Å². The van der Waals surface area contributed by atoms with Crippen molar-refractivity contribution in [2.75, 3.05) is 0 Å². The van der Waals surface area contributed by atoms with Crippen LogP contribution < -0.4 is 4.74 Å². The van der Waals surface area contributed by atoms with Gasteiger partial charge in [0, 0.05) is 35.4 Å². The predicted molar refractivity (Wildman–Crippen MR) is 102 cm³/mol. The summed E-state index contributed by atoms with van der Waals surface area (Å²) >= 11 is 5.29. The maximum atomic E-state index is 10.2. The van der Waals surface area contributed by atoms with E-state index >= 15 is 0 Å². The highest BCUT2D eigenvalue weighted by Gasteiger charge is 2.50. The molecular weight excluding hydrogens is 400 g/mol. The van der Waals surface area contributed by atoms with Crippen LogP contribution in [0.15, 0.2) is 57.1 Å². The average Bonchev–Trinajstić information content (AvgIpc) is 3.25. The number of nitrogens with zero attached hydrogens (tertiary/aromatic N) is 2. The number of rotatable bonds is 1. The van der Waals surface area contributed by atoms with E-state index < -0.39 is 5.72 Å². The fourth-order valence-corrected chi connectivity index (χ4v) is 5.09. The summed E-state index contributed by atoms with van der Waals surface area (Å²) in [5, 5.41) is 19.3. The molecule has 0 saturated heterocycles. The summed E-state index contributed by atoms with van der Waals surface area (Å²) in [6.07, 6.45) is 5.13. The number of aliphatic hydroxyl groups is 1. The van der Waals surface area contributed by atoms with Gasteiger partial charge in [-0.25, -0.2) is 5.01 Å². The predicted octanol–water partition coefficient (Wildman–Crippen LogP) is 5.38. The first-order chi connectivity index (χ1) is 12.1. The van der Waals surface area contributed by atoms with Gasteiger partial charge in [-0.15, -0.1) is 11.3 Å². The monoisotopic (exact) mass is 416 g/mol. The Labute approximate surface area is 158 Å². The van der Waals surface area contributed by atoms with E-state index in [1.165, 1.54) is 4.88 Å². The van der Waals surface area contributed by atoms with Crippen molar-refractivity contribution in [2.45, 2.75) is 37.5 Å². The quantitative estimate of drug-likeness (QED) is 0.678. The minimum atomic E-state index is -0.688. The molecule has 0 unspecified atom stereocenters. The second-order valence-corrected chi connectivity index (χ2v) is 8.57. The number of ether oxygens (including phenoxy) is 1. The molecule has 0 saturated carbocycles. The third-order valence-corrected chi connectivity index (χ3v) is 6.49. The molecule has 0 radical (unpaired) electrons. The Hall–Kier alpha value is -1.79. The van der Waals surface area contributed by atoms with E-state index in [1.807, 2.05) is 18.2 Å². The lowest BCUT2D eigenvalue weighted by Crippen LogP contribution is -2.53. The van der Waals surface area contributed by atoms with E-state index in [4.69, 9.17) is 9.84 Å². The van der Waals surface area contributed by atoms with E-state index in [2.05, 4.69) is 44.5 Å². The van der Waals surface area contributed by atoms with Crippen LogP contribution in [-0.2, 0) is 0 Å². The summed E-state index contributed by atoms with van der Waals surface area (Å²) in [5.41, 5.74) is 1.55. The van der Waals surface area contributed by atoms with Crippen molar-refractivity contribution in [2.24, 2.45) is 5.10 Å². The van der Waals surface area contributed by atoms with Crippen LogP contribution in [0.1, 0.15) is 42.2 Å². The minimum Gasteiger partial charge on any atom is -0.512 e. The maximum Gasteiger partial charge on any atom is 0.220 e. The Bertz CT molecular complexity index is 893. The number of hydrogen-bond acceptors (Lipinski definition) is 5. The van der Waals surface area contributed by atoms with Gasteiger partial charge in [0.05, 0.1) is 22.4 Å². The van der Waals surface area contributed by atoms with E-state index in [0.717, 1.165) is 40.8 Å². The van der Waals surface area contributed by atoms with Gasteiger partial charge in [0.1, 0.15) is 5.75 Å². The van der Waals surface area contributed by atoms with Crippen LogP contribution in [0, 0.1) is 0 Å². The Morgan fingerprint density at radius 1 is 1.36 bits per heavy atom. The zero-order valence-corrected chi connectivity index (χ0v) is 15.9. The van der Waals surface area contributed by atoms with Crippen molar-refractivity contribution in [1.82, 2.24) is 5.01 Å². The molecule has 1 aromatic carbocycles. The Balaban J connectivity index is 1.66. The molecule has 2 atom stereocenters. The van der Waals surface area contributed by atoms with Gasteiger partial charge in [-0.05, 0) is 36.1 Å². The summed E-state index contributed by atoms with van der Waals surface area (Å²) in [7, 11) is 0. The van der Waals surface area contributed by atoms with Crippen LogP contribution in [0.25, 0.3) is 0 Å². The number of thiophene rings is 1. The number of fused-ring (bicyclic) bond motifs is 4. The Kier molecular flexibility index (Phi) is 3.47. The van der Waals surface area contributed by atoms with Crippen LogP contribution in [0.2, 0.25) is 0 Å². The van der Waals surface area contributed by atoms with Crippen molar-refractivity contribution in [3.63, 3.8) is 0 Å². The molecule has 0 bridgehead atoms. The first-order valence-corrected chi connectivity index (χ1v) is 10.1. The lowest BCUT2D eigenvalue weighted by Gasteiger charge is -2.47. The van der Waals surface area contributed by atoms with Gasteiger partial charge in [0.15, 0.2) is 0 Å². The van der Waals surface area contributed by atoms with Gasteiger partial charge in [0.25, 0.3) is 0 Å². The highest BCUT2D eigenvalue weighted by Crippen LogP contribution is 2.50. The topological polar surface area (TPSA) is 45.1 Å². The fourth-order valence-electron chi connectivity index (χ4n) is 3.99. The molecule has 128 valence electrons. The molecule has 0 amide bonds. The molecule has 5 rings (SSSR count). The van der Waals surface area contributed by atoms with E-state index in [-0.39, 0.29) is 6.04 Å². The number of halogens is 1. The zero-order valence-electron chi connectivity index (χ0n) is 13.5. The second kappa shape index (κ2) is 5.61. The molecule has 25 heavy (non-hydrogen) atoms. The Morgan fingerprint density at radius 3 is 3.08 bits per heavy atom. The zero-order chi connectivity index (χ0) is 17.0. The minimum absolute atomic E-state index is 0.125. The molecule has 2 aromatic rings. The summed E-state index contributed by atoms with van der Waals surface area (Å²) in [6, 6.07) is 10.4. The normalized spacial score (nSPS) is 27.4. The highest BCUT2D eigenvalue weighted by atomic mass is 79.9. The number of aliphatic hydroxyl groups excluding tert-OH is 1. The number of allylic oxidation sites excluding steroid dienone is 1. The molecule has 6 heteroatoms. The van der Waals surface area contributed by atoms with Crippen molar-refractivity contribution in [1.29, 1.82) is 0 Å². The SMILES string of the molecule is OC1=C[C@@]2(CCC1)Oc1ccc(Br)cc1[C@H]1CC(c3cccs3)=NN12. The first-order valence-electron chi connectivity index (χ1n) is 8.44. The van der Waals surface area contributed by atoms with Gasteiger partial charge in [-0.3, -0.25) is 0 Å². The van der Waals surface area contributed by atoms with E-state index in [9.17, 15) is 5.11 Å². The standard InChI is InChI=1S/C19H17BrN2O2S/c20-12-5-6-17-14(9-12)16-10-15(18-4-2-8-25-18)21-22(16)19(24-17)7-1-3-13(23)11-19/h2,4-6,8-9,11,16,23H,1,3,7,10H2/t16-,19-/m1/s1. The van der Waals surface area contributed by atoms with Gasteiger partial charge >= 0.3 is 0 Å². The molecule has 3 heterocycles. The van der Waals surface area contributed by atoms with Crippen molar-refractivity contribution in [3.8, 4) is 5.75 Å². The highest BCUT2D eigenvalue weighted by molar-refractivity contribution is 9.10. The van der Waals surface area contributed by atoms with Crippen molar-refractivity contribution >= 4 is 33.0 Å². The summed E-state index contributed by atoms with van der Waals surface area (Å²) in [5.74, 6) is 1.28. The third-order valence-electron chi connectivity index (χ3n) is 5.08. The first kappa shape index (κ1) is 15.5. The molecule has 2 aliphatic heterocycles. The van der Waals surface area contributed by atoms with Crippen LogP contribution >= 0.6 is 27.3 Å². The Morgan fingerprint density at radius 2 is 2.28 bits per heavy atom. The molecule has 4 nitrogen and oxygen atoms in total. The second-order valence-electron chi connectivity index (χ2n) is 6.71. The van der Waals surface area contributed by atoms with Gasteiger partial charge in [-0.2, -0.15) is 5.10 Å². The maximum absolute atomic E-state index is 10.2. The smallest absolute Gasteiger partial charge is 0.220 e. The summed E-state index contributed by atoms with van der Waals surface area (Å²) < 4.78 is 7.47.